The second kappa shape index (κ2) is 8.14. The first kappa shape index (κ1) is 18.7. The maximum absolute atomic E-state index is 12.5. The fourth-order valence-corrected chi connectivity index (χ4v) is 3.94. The van der Waals surface area contributed by atoms with Gasteiger partial charge in [0.15, 0.2) is 0 Å². The van der Waals surface area contributed by atoms with E-state index in [-0.39, 0.29) is 5.91 Å². The van der Waals surface area contributed by atoms with Gasteiger partial charge in [0, 0.05) is 18.3 Å². The van der Waals surface area contributed by atoms with Crippen molar-refractivity contribution in [3.05, 3.63) is 59.0 Å². The van der Waals surface area contributed by atoms with Gasteiger partial charge >= 0.3 is 0 Å². The van der Waals surface area contributed by atoms with E-state index in [1.165, 1.54) is 5.56 Å². The Bertz CT molecular complexity index is 1010. The predicted molar refractivity (Wildman–Crippen MR) is 112 cm³/mol. The highest BCUT2D eigenvalue weighted by atomic mass is 32.2. The molecule has 0 saturated carbocycles. The molecule has 0 radical (unpaired) electrons. The highest BCUT2D eigenvalue weighted by Gasteiger charge is 2.21. The van der Waals surface area contributed by atoms with Crippen molar-refractivity contribution in [2.45, 2.75) is 26.2 Å². The molecule has 1 N–H and O–H groups in total. The number of rotatable bonds is 6. The van der Waals surface area contributed by atoms with Crippen LogP contribution in [0.5, 0.6) is 0 Å². The Labute approximate surface area is 168 Å². The van der Waals surface area contributed by atoms with Crippen LogP contribution in [0.3, 0.4) is 0 Å². The van der Waals surface area contributed by atoms with Crippen molar-refractivity contribution >= 4 is 17.7 Å². The lowest BCUT2D eigenvalue weighted by atomic mass is 9.90. The molecule has 7 heteroatoms. The Balaban J connectivity index is 1.61. The van der Waals surface area contributed by atoms with Gasteiger partial charge in [0.25, 0.3) is 11.9 Å². The van der Waals surface area contributed by atoms with Gasteiger partial charge in [-0.2, -0.15) is 16.9 Å². The molecular formula is C21H23N5OS. The number of benzene rings is 1. The number of nitrogens with one attached hydrogen (secondary N) is 1. The molecule has 0 spiro atoms. The van der Waals surface area contributed by atoms with Gasteiger partial charge in [0.05, 0.1) is 23.1 Å². The van der Waals surface area contributed by atoms with Gasteiger partial charge in [-0.25, -0.2) is 14.6 Å². The summed E-state index contributed by atoms with van der Waals surface area (Å²) in [4.78, 5) is 21.8. The quantitative estimate of drug-likeness (QED) is 0.651. The maximum Gasteiger partial charge on any atom is 0.254 e. The van der Waals surface area contributed by atoms with Gasteiger partial charge in [-0.1, -0.05) is 24.3 Å². The molecule has 2 heterocycles. The van der Waals surface area contributed by atoms with E-state index in [1.807, 2.05) is 19.2 Å². The molecule has 6 nitrogen and oxygen atoms in total. The molecule has 28 heavy (non-hydrogen) atoms. The Morgan fingerprint density at radius 3 is 2.89 bits per heavy atom. The van der Waals surface area contributed by atoms with Gasteiger partial charge < -0.3 is 5.32 Å². The number of amides is 1. The zero-order chi connectivity index (χ0) is 19.5. The van der Waals surface area contributed by atoms with Crippen LogP contribution in [0.4, 0.5) is 0 Å². The number of hydrogen-bond acceptors (Lipinski definition) is 5. The summed E-state index contributed by atoms with van der Waals surface area (Å²) in [5.74, 6) is 1.42. The van der Waals surface area contributed by atoms with E-state index in [0.717, 1.165) is 47.5 Å². The third-order valence-corrected chi connectivity index (χ3v) is 5.74. The second-order valence-electron chi connectivity index (χ2n) is 6.86. The molecule has 0 unspecified atom stereocenters. The van der Waals surface area contributed by atoms with E-state index >= 15 is 0 Å². The lowest BCUT2D eigenvalue weighted by molar-refractivity contribution is 0.0953. The molecule has 4 rings (SSSR count). The smallest absolute Gasteiger partial charge is 0.254 e. The zero-order valence-electron chi connectivity index (χ0n) is 16.1. The van der Waals surface area contributed by atoms with Gasteiger partial charge in [-0.05, 0) is 49.3 Å². The predicted octanol–water partition coefficient (Wildman–Crippen LogP) is 3.22. The molecule has 1 aliphatic rings. The molecule has 144 valence electrons. The Morgan fingerprint density at radius 1 is 1.21 bits per heavy atom. The number of carbonyl (C=O) groups is 1. The van der Waals surface area contributed by atoms with E-state index in [0.29, 0.717) is 18.1 Å². The molecule has 1 amide bonds. The van der Waals surface area contributed by atoms with Crippen LogP contribution < -0.4 is 5.32 Å². The first-order chi connectivity index (χ1) is 13.7. The highest BCUT2D eigenvalue weighted by Crippen LogP contribution is 2.31. The van der Waals surface area contributed by atoms with Crippen molar-refractivity contribution in [1.29, 1.82) is 0 Å². The van der Waals surface area contributed by atoms with Crippen molar-refractivity contribution in [1.82, 2.24) is 25.1 Å². The topological polar surface area (TPSA) is 72.7 Å². The normalized spacial score (nSPS) is 12.4. The number of thioether (sulfide) groups is 1. The summed E-state index contributed by atoms with van der Waals surface area (Å²) >= 11 is 1.78. The summed E-state index contributed by atoms with van der Waals surface area (Å²) in [6, 6.07) is 8.36. The molecule has 0 saturated heterocycles. The molecule has 0 bridgehead atoms. The summed E-state index contributed by atoms with van der Waals surface area (Å²) in [5.41, 5.74) is 5.88. The van der Waals surface area contributed by atoms with Gasteiger partial charge in [-0.3, -0.25) is 4.79 Å². The van der Waals surface area contributed by atoms with Crippen molar-refractivity contribution in [3.63, 3.8) is 0 Å². The van der Waals surface area contributed by atoms with Crippen LogP contribution in [0.2, 0.25) is 0 Å². The van der Waals surface area contributed by atoms with Crippen molar-refractivity contribution in [2.75, 3.05) is 18.6 Å². The Kier molecular flexibility index (Phi) is 5.43. The first-order valence-corrected chi connectivity index (χ1v) is 10.8. The van der Waals surface area contributed by atoms with Gasteiger partial charge in [0.2, 0.25) is 0 Å². The van der Waals surface area contributed by atoms with Crippen LogP contribution in [0.15, 0.2) is 36.7 Å². The summed E-state index contributed by atoms with van der Waals surface area (Å²) in [7, 11) is 0. The number of aryl methyl sites for hydroxylation is 2. The van der Waals surface area contributed by atoms with E-state index in [4.69, 9.17) is 4.98 Å². The Morgan fingerprint density at radius 2 is 2.04 bits per heavy atom. The van der Waals surface area contributed by atoms with Crippen LogP contribution >= 0.6 is 11.8 Å². The monoisotopic (exact) mass is 393 g/mol. The summed E-state index contributed by atoms with van der Waals surface area (Å²) in [6.45, 7) is 2.54. The van der Waals surface area contributed by atoms with Crippen LogP contribution in [0, 0.1) is 6.92 Å². The van der Waals surface area contributed by atoms with Gasteiger partial charge in [-0.15, -0.1) is 0 Å². The minimum Gasteiger partial charge on any atom is -0.352 e. The van der Waals surface area contributed by atoms with Gasteiger partial charge in [0.1, 0.15) is 0 Å². The van der Waals surface area contributed by atoms with E-state index in [2.05, 4.69) is 39.9 Å². The summed E-state index contributed by atoms with van der Waals surface area (Å²) in [5, 5.41) is 7.34. The molecule has 0 aliphatic heterocycles. The van der Waals surface area contributed by atoms with Crippen LogP contribution in [-0.2, 0) is 12.8 Å². The number of fused-ring (bicyclic) bond motifs is 3. The molecule has 1 aliphatic carbocycles. The largest absolute Gasteiger partial charge is 0.352 e. The summed E-state index contributed by atoms with van der Waals surface area (Å²) in [6.07, 6.45) is 8.44. The second-order valence-corrected chi connectivity index (χ2v) is 7.84. The number of carbonyl (C=O) groups excluding carboxylic acids is 1. The fraction of sp³-hybridized carbons (Fsp3) is 0.333. The summed E-state index contributed by atoms with van der Waals surface area (Å²) < 4.78 is 1.65. The van der Waals surface area contributed by atoms with Crippen LogP contribution in [0.25, 0.3) is 17.2 Å². The van der Waals surface area contributed by atoms with Crippen LogP contribution in [-0.4, -0.2) is 44.2 Å². The number of hydrogen-bond donors (Lipinski definition) is 1. The highest BCUT2D eigenvalue weighted by molar-refractivity contribution is 7.98. The lowest BCUT2D eigenvalue weighted by Crippen LogP contribution is -2.25. The van der Waals surface area contributed by atoms with Crippen LogP contribution in [0.1, 0.15) is 33.6 Å². The average molecular weight is 394 g/mol. The molecule has 0 atom stereocenters. The number of aromatic nitrogens is 4. The van der Waals surface area contributed by atoms with Crippen molar-refractivity contribution < 1.29 is 4.79 Å². The molecule has 2 aromatic heterocycles. The van der Waals surface area contributed by atoms with Crippen molar-refractivity contribution in [2.24, 2.45) is 0 Å². The van der Waals surface area contributed by atoms with E-state index in [1.54, 1.807) is 22.6 Å². The average Bonchev–Trinajstić information content (AvgIpc) is 3.12. The first-order valence-electron chi connectivity index (χ1n) is 9.45. The third kappa shape index (κ3) is 3.54. The molecule has 1 aromatic carbocycles. The third-order valence-electron chi connectivity index (χ3n) is 5.04. The fourth-order valence-electron chi connectivity index (χ4n) is 3.50. The minimum atomic E-state index is -0.104. The number of nitrogens with zero attached hydrogens (tertiary/aromatic N) is 4. The standard InChI is InChI=1S/C21H23N5OS/c1-14-18(20(27)22-10-5-11-28-2)13-24-26(14)21-23-12-16-9-8-15-6-3-4-7-17(15)19(16)25-21/h3-4,6-7,12-13H,5,8-11H2,1-2H3,(H,22,27). The SMILES string of the molecule is CSCCCNC(=O)c1cnn(-c2ncc3c(n2)-c2ccccc2CC3)c1C. The lowest BCUT2D eigenvalue weighted by Gasteiger charge is -2.18. The molecule has 0 fully saturated rings. The Hall–Kier alpha value is -2.67. The molecular weight excluding hydrogens is 370 g/mol. The zero-order valence-corrected chi connectivity index (χ0v) is 16.9. The molecule has 3 aromatic rings. The van der Waals surface area contributed by atoms with Crippen molar-refractivity contribution in [3.8, 4) is 17.2 Å². The van der Waals surface area contributed by atoms with E-state index < -0.39 is 0 Å². The maximum atomic E-state index is 12.5. The minimum absolute atomic E-state index is 0.104. The van der Waals surface area contributed by atoms with E-state index in [9.17, 15) is 4.79 Å².